The smallest absolute Gasteiger partial charge is 0.464 e. The van der Waals surface area contributed by atoms with Crippen molar-refractivity contribution in [3.05, 3.63) is 14.5 Å². The van der Waals surface area contributed by atoms with E-state index >= 15 is 0 Å². The van der Waals surface area contributed by atoms with Gasteiger partial charge in [-0.1, -0.05) is 0 Å². The molecule has 0 heterocycles. The van der Waals surface area contributed by atoms with Crippen molar-refractivity contribution in [2.75, 3.05) is 14.1 Å². The molecule has 0 fully saturated rings. The van der Waals surface area contributed by atoms with Crippen molar-refractivity contribution in [1.29, 1.82) is 0 Å². The van der Waals surface area contributed by atoms with Crippen LogP contribution in [-0.4, -0.2) is 19.0 Å². The van der Waals surface area contributed by atoms with E-state index in [-0.39, 0.29) is 28.5 Å². The Kier molecular flexibility index (Phi) is 24.4. The fourth-order valence-electron chi connectivity index (χ4n) is 0. The van der Waals surface area contributed by atoms with E-state index in [0.29, 0.717) is 0 Å². The largest absolute Gasteiger partial charge is 2.00 e. The molecule has 0 bridgehead atoms. The van der Waals surface area contributed by atoms with Crippen molar-refractivity contribution in [3.8, 4) is 0 Å². The summed E-state index contributed by atoms with van der Waals surface area (Å²) in [5.41, 5.74) is 0. The standard InChI is InChI=1S/C3H8N.CH3.W/c1-4(2)3;;/h1H2,2-3H3;1H3;/q2*-1;+2. The quantitative estimate of drug-likeness (QED) is 0.580. The molecule has 1 nitrogen and oxygen atoms in total. The maximum Gasteiger partial charge on any atom is 2.00 e. The van der Waals surface area contributed by atoms with Crippen molar-refractivity contribution < 1.29 is 21.1 Å². The molecule has 0 saturated heterocycles. The molecule has 0 amide bonds. The number of hydrogen-bond acceptors (Lipinski definition) is 1. The fourth-order valence-corrected chi connectivity index (χ4v) is 0. The summed E-state index contributed by atoms with van der Waals surface area (Å²) < 4.78 is 0. The maximum atomic E-state index is 3.47. The van der Waals surface area contributed by atoms with Crippen LogP contribution in [0.25, 0.3) is 0 Å². The summed E-state index contributed by atoms with van der Waals surface area (Å²) in [7, 11) is 7.25. The predicted molar refractivity (Wildman–Crippen MR) is 25.5 cm³/mol. The van der Waals surface area contributed by atoms with Gasteiger partial charge in [0.25, 0.3) is 0 Å². The van der Waals surface area contributed by atoms with Crippen LogP contribution < -0.4 is 0 Å². The molecule has 38 valence electrons. The van der Waals surface area contributed by atoms with Crippen molar-refractivity contribution in [2.24, 2.45) is 0 Å². The van der Waals surface area contributed by atoms with Crippen LogP contribution >= 0.6 is 0 Å². The van der Waals surface area contributed by atoms with Crippen molar-refractivity contribution in [2.45, 2.75) is 0 Å². The summed E-state index contributed by atoms with van der Waals surface area (Å²) in [6.07, 6.45) is 0. The third kappa shape index (κ3) is 147. The third-order valence-electron chi connectivity index (χ3n) is 0. The van der Waals surface area contributed by atoms with Crippen LogP contribution in [-0.2, 0) is 21.1 Å². The normalized spacial score (nSPS) is 6.00. The molecule has 6 heavy (non-hydrogen) atoms. The Morgan fingerprint density at radius 3 is 1.33 bits per heavy atom. The van der Waals surface area contributed by atoms with Gasteiger partial charge in [0.1, 0.15) is 0 Å². The number of nitrogens with zero attached hydrogens (tertiary/aromatic N) is 1. The van der Waals surface area contributed by atoms with Gasteiger partial charge >= 0.3 is 21.1 Å². The van der Waals surface area contributed by atoms with Crippen LogP contribution in [0.15, 0.2) is 0 Å². The second-order valence-electron chi connectivity index (χ2n) is 1.08. The molecule has 0 aromatic carbocycles. The van der Waals surface area contributed by atoms with Gasteiger partial charge in [0.15, 0.2) is 0 Å². The van der Waals surface area contributed by atoms with Gasteiger partial charge in [0.2, 0.25) is 0 Å². The summed E-state index contributed by atoms with van der Waals surface area (Å²) in [5, 5.41) is 0. The predicted octanol–water partition coefficient (Wildman–Crippen LogP) is 0.787. The van der Waals surface area contributed by atoms with E-state index in [2.05, 4.69) is 7.05 Å². The minimum Gasteiger partial charge on any atom is -0.464 e. The molecule has 2 heteroatoms. The average molecular weight is 257 g/mol. The molecule has 0 radical (unpaired) electrons. The summed E-state index contributed by atoms with van der Waals surface area (Å²) in [6.45, 7) is 0. The first-order valence-corrected chi connectivity index (χ1v) is 1.21. The Morgan fingerprint density at radius 1 is 1.33 bits per heavy atom. The van der Waals surface area contributed by atoms with Gasteiger partial charge in [-0.05, 0) is 14.1 Å². The summed E-state index contributed by atoms with van der Waals surface area (Å²) >= 11 is 0. The molecular formula is C4H11NW. The molecule has 0 unspecified atom stereocenters. The summed E-state index contributed by atoms with van der Waals surface area (Å²) in [4.78, 5) is 1.75. The van der Waals surface area contributed by atoms with Crippen molar-refractivity contribution in [1.82, 2.24) is 4.90 Å². The minimum absolute atomic E-state index is 0. The van der Waals surface area contributed by atoms with Gasteiger partial charge in [-0.25, -0.2) is 0 Å². The molecule has 0 aromatic rings. The molecule has 0 aliphatic carbocycles. The van der Waals surface area contributed by atoms with E-state index in [4.69, 9.17) is 0 Å². The number of hydrogen-bond donors (Lipinski definition) is 0. The zero-order valence-corrected chi connectivity index (χ0v) is 7.50. The molecule has 0 atom stereocenters. The molecule has 0 spiro atoms. The van der Waals surface area contributed by atoms with E-state index in [1.54, 1.807) is 4.90 Å². The molecule has 0 aliphatic rings. The van der Waals surface area contributed by atoms with E-state index in [1.165, 1.54) is 0 Å². The van der Waals surface area contributed by atoms with Gasteiger partial charge in [-0.3, -0.25) is 7.05 Å². The zero-order chi connectivity index (χ0) is 3.58. The Balaban J connectivity index is -0.0000000450. The van der Waals surface area contributed by atoms with Crippen LogP contribution in [0, 0.1) is 14.5 Å². The van der Waals surface area contributed by atoms with Crippen molar-refractivity contribution in [3.63, 3.8) is 0 Å². The molecule has 0 N–H and O–H groups in total. The van der Waals surface area contributed by atoms with Crippen LogP contribution in [0.3, 0.4) is 0 Å². The van der Waals surface area contributed by atoms with E-state index < -0.39 is 0 Å². The average Bonchev–Trinajstić information content (AvgIpc) is 0.811. The monoisotopic (exact) mass is 257 g/mol. The van der Waals surface area contributed by atoms with Gasteiger partial charge < -0.3 is 12.3 Å². The molecular weight excluding hydrogens is 246 g/mol. The first-order chi connectivity index (χ1) is 1.73. The molecule has 0 aromatic heterocycles. The van der Waals surface area contributed by atoms with Crippen LogP contribution in [0.1, 0.15) is 0 Å². The zero-order valence-electron chi connectivity index (χ0n) is 4.56. The second kappa shape index (κ2) is 9.17. The molecule has 0 saturated carbocycles. The topological polar surface area (TPSA) is 3.24 Å². The summed E-state index contributed by atoms with van der Waals surface area (Å²) in [6, 6.07) is 0. The maximum absolute atomic E-state index is 3.47. The van der Waals surface area contributed by atoms with Gasteiger partial charge in [0, 0.05) is 0 Å². The van der Waals surface area contributed by atoms with Gasteiger partial charge in [-0.2, -0.15) is 0 Å². The molecule has 0 rings (SSSR count). The molecule has 0 aliphatic heterocycles. The SMILES string of the molecule is [CH2-]N(C)C.[CH3-].[W+2]. The Labute approximate surface area is 55.0 Å². The van der Waals surface area contributed by atoms with Crippen LogP contribution in [0.2, 0.25) is 0 Å². The van der Waals surface area contributed by atoms with Crippen LogP contribution in [0.5, 0.6) is 0 Å². The van der Waals surface area contributed by atoms with E-state index in [0.717, 1.165) is 0 Å². The van der Waals surface area contributed by atoms with E-state index in [1.807, 2.05) is 14.1 Å². The first-order valence-electron chi connectivity index (χ1n) is 1.21. The first kappa shape index (κ1) is 15.9. The van der Waals surface area contributed by atoms with Crippen LogP contribution in [0.4, 0.5) is 0 Å². The minimum atomic E-state index is 0. The Bertz CT molecular complexity index is 12.3. The third-order valence-corrected chi connectivity index (χ3v) is 0. The van der Waals surface area contributed by atoms with Crippen molar-refractivity contribution >= 4 is 0 Å². The Hall–Kier alpha value is 0.648. The Morgan fingerprint density at radius 2 is 1.33 bits per heavy atom. The van der Waals surface area contributed by atoms with Gasteiger partial charge in [-0.15, -0.1) is 0 Å². The number of rotatable bonds is 0. The second-order valence-corrected chi connectivity index (χ2v) is 1.08. The fraction of sp³-hybridized carbons (Fsp3) is 0.500. The van der Waals surface area contributed by atoms with Gasteiger partial charge in [0.05, 0.1) is 0 Å². The summed E-state index contributed by atoms with van der Waals surface area (Å²) in [5.74, 6) is 0. The van der Waals surface area contributed by atoms with E-state index in [9.17, 15) is 0 Å².